The molecule has 0 saturated carbocycles. The van der Waals surface area contributed by atoms with Crippen LogP contribution in [0.25, 0.3) is 0 Å². The van der Waals surface area contributed by atoms with Crippen molar-refractivity contribution in [3.8, 4) is 0 Å². The molecule has 1 unspecified atom stereocenters. The van der Waals surface area contributed by atoms with Crippen LogP contribution in [-0.2, 0) is 6.42 Å². The maximum Gasteiger partial charge on any atom is 0.251 e. The molecule has 2 N–H and O–H groups in total. The fraction of sp³-hybridized carbons (Fsp3) is 0.632. The number of nitrogens with zero attached hydrogens (tertiary/aromatic N) is 1. The summed E-state index contributed by atoms with van der Waals surface area (Å²) in [4.78, 5) is 14.5. The molecule has 0 bridgehead atoms. The Hall–Kier alpha value is -1.39. The fourth-order valence-electron chi connectivity index (χ4n) is 3.07. The van der Waals surface area contributed by atoms with Crippen LogP contribution in [0.1, 0.15) is 55.5 Å². The second-order valence-electron chi connectivity index (χ2n) is 7.33. The number of rotatable bonds is 7. The van der Waals surface area contributed by atoms with Crippen LogP contribution >= 0.6 is 0 Å². The van der Waals surface area contributed by atoms with E-state index >= 15 is 0 Å². The Balaban J connectivity index is 1.76. The van der Waals surface area contributed by atoms with E-state index in [4.69, 9.17) is 0 Å². The van der Waals surface area contributed by atoms with Gasteiger partial charge in [0.25, 0.3) is 5.91 Å². The minimum absolute atomic E-state index is 0.000289. The Morgan fingerprint density at radius 1 is 1.35 bits per heavy atom. The molecule has 1 saturated heterocycles. The van der Waals surface area contributed by atoms with Crippen molar-refractivity contribution < 1.29 is 9.90 Å². The van der Waals surface area contributed by atoms with Gasteiger partial charge in [0.15, 0.2) is 0 Å². The fourth-order valence-corrected chi connectivity index (χ4v) is 3.07. The number of carbonyl (C=O) groups is 1. The second kappa shape index (κ2) is 7.93. The van der Waals surface area contributed by atoms with E-state index in [0.717, 1.165) is 24.9 Å². The summed E-state index contributed by atoms with van der Waals surface area (Å²) in [7, 11) is 2.16. The molecule has 2 rings (SSSR count). The molecule has 0 radical (unpaired) electrons. The van der Waals surface area contributed by atoms with Gasteiger partial charge in [-0.05, 0) is 77.2 Å². The zero-order chi connectivity index (χ0) is 16.9. The maximum atomic E-state index is 12.2. The summed E-state index contributed by atoms with van der Waals surface area (Å²) in [5.41, 5.74) is 1.21. The number of benzene rings is 1. The molecule has 4 nitrogen and oxygen atoms in total. The van der Waals surface area contributed by atoms with Gasteiger partial charge in [0.2, 0.25) is 0 Å². The minimum atomic E-state index is -0.649. The molecule has 128 valence electrons. The standard InChI is InChI=1S/C19H30N2O2/c1-19(2,23)12-10-15-6-8-16(9-7-15)18(22)20-13-11-17-5-4-14-21(17)3/h6-9,17,23H,4-5,10-14H2,1-3H3,(H,20,22). The average molecular weight is 318 g/mol. The summed E-state index contributed by atoms with van der Waals surface area (Å²) in [6, 6.07) is 8.31. The molecule has 23 heavy (non-hydrogen) atoms. The van der Waals surface area contributed by atoms with E-state index in [-0.39, 0.29) is 5.91 Å². The number of hydrogen-bond donors (Lipinski definition) is 2. The molecule has 1 aliphatic heterocycles. The highest BCUT2D eigenvalue weighted by Gasteiger charge is 2.20. The lowest BCUT2D eigenvalue weighted by Gasteiger charge is -2.19. The monoisotopic (exact) mass is 318 g/mol. The van der Waals surface area contributed by atoms with Crippen molar-refractivity contribution in [1.82, 2.24) is 10.2 Å². The van der Waals surface area contributed by atoms with Crippen LogP contribution < -0.4 is 5.32 Å². The highest BCUT2D eigenvalue weighted by molar-refractivity contribution is 5.94. The van der Waals surface area contributed by atoms with Crippen molar-refractivity contribution in [2.45, 2.75) is 57.6 Å². The van der Waals surface area contributed by atoms with Gasteiger partial charge in [-0.1, -0.05) is 12.1 Å². The van der Waals surface area contributed by atoms with Crippen LogP contribution in [-0.4, -0.2) is 47.7 Å². The number of aryl methyl sites for hydroxylation is 1. The zero-order valence-corrected chi connectivity index (χ0v) is 14.6. The van der Waals surface area contributed by atoms with Gasteiger partial charge in [-0.2, -0.15) is 0 Å². The van der Waals surface area contributed by atoms with Gasteiger partial charge in [-0.25, -0.2) is 0 Å². The molecule has 1 aromatic rings. The van der Waals surface area contributed by atoms with E-state index in [1.54, 1.807) is 0 Å². The van der Waals surface area contributed by atoms with Crippen LogP contribution in [0.2, 0.25) is 0 Å². The Morgan fingerprint density at radius 2 is 2.04 bits per heavy atom. The van der Waals surface area contributed by atoms with Crippen LogP contribution in [0.5, 0.6) is 0 Å². The molecular formula is C19H30N2O2. The Labute approximate surface area is 139 Å². The molecule has 1 amide bonds. The van der Waals surface area contributed by atoms with E-state index in [1.165, 1.54) is 19.4 Å². The van der Waals surface area contributed by atoms with Gasteiger partial charge in [-0.15, -0.1) is 0 Å². The SMILES string of the molecule is CN1CCCC1CCNC(=O)c1ccc(CCC(C)(C)O)cc1. The van der Waals surface area contributed by atoms with Crippen molar-refractivity contribution in [2.24, 2.45) is 0 Å². The first-order valence-corrected chi connectivity index (χ1v) is 8.65. The highest BCUT2D eigenvalue weighted by Crippen LogP contribution is 2.17. The largest absolute Gasteiger partial charge is 0.390 e. The number of nitrogens with one attached hydrogen (secondary N) is 1. The third kappa shape index (κ3) is 5.96. The van der Waals surface area contributed by atoms with Crippen LogP contribution in [0, 0.1) is 0 Å². The summed E-state index contributed by atoms with van der Waals surface area (Å²) >= 11 is 0. The number of aliphatic hydroxyl groups is 1. The molecule has 1 aliphatic rings. The van der Waals surface area contributed by atoms with Gasteiger partial charge in [0.05, 0.1) is 5.60 Å². The summed E-state index contributed by atoms with van der Waals surface area (Å²) < 4.78 is 0. The number of hydrogen-bond acceptors (Lipinski definition) is 3. The molecule has 1 atom stereocenters. The van der Waals surface area contributed by atoms with Crippen LogP contribution in [0.4, 0.5) is 0 Å². The molecule has 1 heterocycles. The second-order valence-corrected chi connectivity index (χ2v) is 7.33. The van der Waals surface area contributed by atoms with E-state index in [9.17, 15) is 9.90 Å². The van der Waals surface area contributed by atoms with Gasteiger partial charge in [0.1, 0.15) is 0 Å². The van der Waals surface area contributed by atoms with Crippen molar-refractivity contribution >= 4 is 5.91 Å². The molecule has 0 aliphatic carbocycles. The van der Waals surface area contributed by atoms with Gasteiger partial charge in [0, 0.05) is 18.2 Å². The molecule has 1 fully saturated rings. The van der Waals surface area contributed by atoms with E-state index in [1.807, 2.05) is 38.1 Å². The molecule has 1 aromatic carbocycles. The van der Waals surface area contributed by atoms with E-state index in [0.29, 0.717) is 18.0 Å². The van der Waals surface area contributed by atoms with Gasteiger partial charge < -0.3 is 15.3 Å². The smallest absolute Gasteiger partial charge is 0.251 e. The Kier molecular flexibility index (Phi) is 6.19. The summed E-state index contributed by atoms with van der Waals surface area (Å²) in [5.74, 6) is -0.000289. The van der Waals surface area contributed by atoms with E-state index < -0.39 is 5.60 Å². The van der Waals surface area contributed by atoms with E-state index in [2.05, 4.69) is 17.3 Å². The normalized spacial score (nSPS) is 19.0. The Bertz CT molecular complexity index is 505. The summed E-state index contributed by atoms with van der Waals surface area (Å²) in [6.45, 7) is 5.53. The average Bonchev–Trinajstić information content (AvgIpc) is 2.90. The first-order chi connectivity index (χ1) is 10.8. The lowest BCUT2D eigenvalue weighted by atomic mass is 9.98. The Morgan fingerprint density at radius 3 is 2.61 bits per heavy atom. The third-order valence-corrected chi connectivity index (χ3v) is 4.68. The molecule has 4 heteroatoms. The number of carbonyl (C=O) groups excluding carboxylic acids is 1. The van der Waals surface area contributed by atoms with Crippen molar-refractivity contribution in [1.29, 1.82) is 0 Å². The van der Waals surface area contributed by atoms with Crippen molar-refractivity contribution in [3.63, 3.8) is 0 Å². The zero-order valence-electron chi connectivity index (χ0n) is 14.6. The first-order valence-electron chi connectivity index (χ1n) is 8.65. The molecule has 0 aromatic heterocycles. The summed E-state index contributed by atoms with van der Waals surface area (Å²) in [5, 5.41) is 12.8. The predicted octanol–water partition coefficient (Wildman–Crippen LogP) is 2.60. The lowest BCUT2D eigenvalue weighted by molar-refractivity contribution is 0.0713. The lowest BCUT2D eigenvalue weighted by Crippen LogP contribution is -2.31. The van der Waals surface area contributed by atoms with Crippen LogP contribution in [0.15, 0.2) is 24.3 Å². The van der Waals surface area contributed by atoms with Crippen molar-refractivity contribution in [2.75, 3.05) is 20.1 Å². The number of likely N-dealkylation sites (tertiary alicyclic amines) is 1. The van der Waals surface area contributed by atoms with Crippen molar-refractivity contribution in [3.05, 3.63) is 35.4 Å². The first kappa shape index (κ1) is 18.0. The quantitative estimate of drug-likeness (QED) is 0.812. The highest BCUT2D eigenvalue weighted by atomic mass is 16.3. The maximum absolute atomic E-state index is 12.2. The number of amides is 1. The summed E-state index contributed by atoms with van der Waals surface area (Å²) in [6.07, 6.45) is 5.06. The van der Waals surface area contributed by atoms with Gasteiger partial charge in [-0.3, -0.25) is 4.79 Å². The molecular weight excluding hydrogens is 288 g/mol. The van der Waals surface area contributed by atoms with Gasteiger partial charge >= 0.3 is 0 Å². The predicted molar refractivity (Wildman–Crippen MR) is 93.7 cm³/mol. The topological polar surface area (TPSA) is 52.6 Å². The third-order valence-electron chi connectivity index (χ3n) is 4.68. The van der Waals surface area contributed by atoms with Crippen LogP contribution in [0.3, 0.4) is 0 Å². The minimum Gasteiger partial charge on any atom is -0.390 e. The molecule has 0 spiro atoms.